The number of ether oxygens (including phenoxy) is 3. The zero-order valence-corrected chi connectivity index (χ0v) is 14.9. The summed E-state index contributed by atoms with van der Waals surface area (Å²) in [6, 6.07) is 13.9. The molecular formula is C21H23NO4. The molecule has 5 heteroatoms. The van der Waals surface area contributed by atoms with Gasteiger partial charge >= 0.3 is 0 Å². The third-order valence-electron chi connectivity index (χ3n) is 4.96. The second kappa shape index (κ2) is 7.28. The van der Waals surface area contributed by atoms with Gasteiger partial charge < -0.3 is 19.5 Å². The van der Waals surface area contributed by atoms with Crippen molar-refractivity contribution < 1.29 is 19.0 Å². The lowest BCUT2D eigenvalue weighted by atomic mass is 10.0. The first-order valence-corrected chi connectivity index (χ1v) is 9.05. The molecule has 1 aliphatic carbocycles. The van der Waals surface area contributed by atoms with Crippen LogP contribution in [0.4, 0.5) is 0 Å². The summed E-state index contributed by atoms with van der Waals surface area (Å²) in [4.78, 5) is 12.5. The van der Waals surface area contributed by atoms with Crippen molar-refractivity contribution >= 4 is 5.91 Å². The van der Waals surface area contributed by atoms with Gasteiger partial charge in [-0.2, -0.15) is 0 Å². The maximum Gasteiger partial charge on any atom is 0.231 e. The summed E-state index contributed by atoms with van der Waals surface area (Å²) in [6.45, 7) is 0.268. The molecule has 2 aromatic carbocycles. The van der Waals surface area contributed by atoms with Crippen LogP contribution in [0.5, 0.6) is 17.2 Å². The second-order valence-corrected chi connectivity index (χ2v) is 6.84. The molecule has 1 saturated carbocycles. The van der Waals surface area contributed by atoms with Crippen molar-refractivity contribution in [3.8, 4) is 17.2 Å². The monoisotopic (exact) mass is 353 g/mol. The number of hydrogen-bond donors (Lipinski definition) is 1. The molecule has 0 saturated heterocycles. The molecule has 1 heterocycles. The van der Waals surface area contributed by atoms with Crippen LogP contribution in [0.2, 0.25) is 0 Å². The molecule has 1 amide bonds. The van der Waals surface area contributed by atoms with Crippen molar-refractivity contribution in [3.05, 3.63) is 53.6 Å². The topological polar surface area (TPSA) is 56.8 Å². The number of amides is 1. The van der Waals surface area contributed by atoms with E-state index in [1.165, 1.54) is 12.8 Å². The van der Waals surface area contributed by atoms with Gasteiger partial charge in [0, 0.05) is 6.42 Å². The van der Waals surface area contributed by atoms with Crippen LogP contribution in [-0.4, -0.2) is 19.8 Å². The number of hydrogen-bond acceptors (Lipinski definition) is 4. The first-order chi connectivity index (χ1) is 12.7. The molecule has 1 atom stereocenters. The van der Waals surface area contributed by atoms with E-state index in [-0.39, 0.29) is 18.7 Å². The van der Waals surface area contributed by atoms with Crippen molar-refractivity contribution in [2.24, 2.45) is 5.92 Å². The fourth-order valence-electron chi connectivity index (χ4n) is 3.31. The van der Waals surface area contributed by atoms with E-state index in [9.17, 15) is 4.79 Å². The average molecular weight is 353 g/mol. The van der Waals surface area contributed by atoms with E-state index in [0.717, 1.165) is 28.4 Å². The van der Waals surface area contributed by atoms with E-state index in [1.54, 1.807) is 7.11 Å². The number of aryl methyl sites for hydroxylation is 1. The highest BCUT2D eigenvalue weighted by Crippen LogP contribution is 2.41. The van der Waals surface area contributed by atoms with E-state index in [0.29, 0.717) is 18.8 Å². The van der Waals surface area contributed by atoms with Crippen LogP contribution in [0, 0.1) is 5.92 Å². The Morgan fingerprint density at radius 3 is 2.65 bits per heavy atom. The molecule has 1 fully saturated rings. The van der Waals surface area contributed by atoms with Gasteiger partial charge in [0.05, 0.1) is 13.2 Å². The lowest BCUT2D eigenvalue weighted by Gasteiger charge is -2.19. The van der Waals surface area contributed by atoms with Gasteiger partial charge in [-0.1, -0.05) is 18.2 Å². The normalized spacial score (nSPS) is 16.2. The molecule has 2 aromatic rings. The Morgan fingerprint density at radius 1 is 1.15 bits per heavy atom. The van der Waals surface area contributed by atoms with Crippen molar-refractivity contribution in [1.29, 1.82) is 0 Å². The van der Waals surface area contributed by atoms with Crippen LogP contribution < -0.4 is 19.5 Å². The SMILES string of the molecule is COc1ccc(C(NC(=O)CCc2ccc3c(c2)OCO3)C2CC2)cc1. The lowest BCUT2D eigenvalue weighted by molar-refractivity contribution is -0.122. The Morgan fingerprint density at radius 2 is 1.92 bits per heavy atom. The standard InChI is InChI=1S/C21H23NO4/c1-24-17-8-6-16(7-9-17)21(15-4-5-15)22-20(23)11-3-14-2-10-18-19(12-14)26-13-25-18/h2,6-10,12,15,21H,3-5,11,13H2,1H3,(H,22,23). The van der Waals surface area contributed by atoms with Crippen LogP contribution >= 0.6 is 0 Å². The van der Waals surface area contributed by atoms with Gasteiger partial charge in [-0.05, 0) is 60.6 Å². The molecule has 26 heavy (non-hydrogen) atoms. The number of nitrogens with one attached hydrogen (secondary N) is 1. The molecule has 136 valence electrons. The zero-order chi connectivity index (χ0) is 17.9. The smallest absolute Gasteiger partial charge is 0.231 e. The van der Waals surface area contributed by atoms with Gasteiger partial charge in [-0.15, -0.1) is 0 Å². The van der Waals surface area contributed by atoms with E-state index in [2.05, 4.69) is 5.32 Å². The summed E-state index contributed by atoms with van der Waals surface area (Å²) in [7, 11) is 1.66. The number of benzene rings is 2. The molecule has 0 bridgehead atoms. The van der Waals surface area contributed by atoms with Crippen LogP contribution in [0.1, 0.15) is 36.4 Å². The summed E-state index contributed by atoms with van der Waals surface area (Å²) < 4.78 is 15.9. The van der Waals surface area contributed by atoms with Crippen molar-refractivity contribution in [2.75, 3.05) is 13.9 Å². The van der Waals surface area contributed by atoms with E-state index < -0.39 is 0 Å². The Balaban J connectivity index is 1.36. The van der Waals surface area contributed by atoms with Gasteiger partial charge in [0.2, 0.25) is 12.7 Å². The third kappa shape index (κ3) is 3.77. The summed E-state index contributed by atoms with van der Waals surface area (Å²) in [5.74, 6) is 2.98. The quantitative estimate of drug-likeness (QED) is 0.826. The Labute approximate surface area is 153 Å². The Bertz CT molecular complexity index is 783. The highest BCUT2D eigenvalue weighted by molar-refractivity contribution is 5.77. The number of fused-ring (bicyclic) bond motifs is 1. The highest BCUT2D eigenvalue weighted by atomic mass is 16.7. The largest absolute Gasteiger partial charge is 0.497 e. The molecule has 1 N–H and O–H groups in total. The Hall–Kier alpha value is -2.69. The molecule has 0 radical (unpaired) electrons. The fraction of sp³-hybridized carbons (Fsp3) is 0.381. The van der Waals surface area contributed by atoms with Gasteiger partial charge in [0.25, 0.3) is 0 Å². The van der Waals surface area contributed by atoms with Crippen LogP contribution in [0.3, 0.4) is 0 Å². The first-order valence-electron chi connectivity index (χ1n) is 9.05. The molecule has 1 unspecified atom stereocenters. The third-order valence-corrected chi connectivity index (χ3v) is 4.96. The molecular weight excluding hydrogens is 330 g/mol. The maximum atomic E-state index is 12.5. The van der Waals surface area contributed by atoms with E-state index >= 15 is 0 Å². The number of carbonyl (C=O) groups is 1. The maximum absolute atomic E-state index is 12.5. The minimum Gasteiger partial charge on any atom is -0.497 e. The lowest BCUT2D eigenvalue weighted by Crippen LogP contribution is -2.30. The predicted octanol–water partition coefficient (Wildman–Crippen LogP) is 3.62. The van der Waals surface area contributed by atoms with Crippen molar-refractivity contribution in [2.45, 2.75) is 31.7 Å². The van der Waals surface area contributed by atoms with Crippen LogP contribution in [-0.2, 0) is 11.2 Å². The summed E-state index contributed by atoms with van der Waals surface area (Å²) >= 11 is 0. The molecule has 0 aromatic heterocycles. The molecule has 5 nitrogen and oxygen atoms in total. The minimum absolute atomic E-state index is 0.0791. The van der Waals surface area contributed by atoms with Gasteiger partial charge in [-0.3, -0.25) is 4.79 Å². The summed E-state index contributed by atoms with van der Waals surface area (Å²) in [6.07, 6.45) is 3.47. The number of rotatable bonds is 7. The predicted molar refractivity (Wildman–Crippen MR) is 97.5 cm³/mol. The molecule has 2 aliphatic rings. The average Bonchev–Trinajstić information content (AvgIpc) is 3.41. The molecule has 0 spiro atoms. The summed E-state index contributed by atoms with van der Waals surface area (Å²) in [5, 5.41) is 3.22. The molecule has 4 rings (SSSR count). The van der Waals surface area contributed by atoms with Crippen molar-refractivity contribution in [1.82, 2.24) is 5.32 Å². The number of carbonyl (C=O) groups excluding carboxylic acids is 1. The van der Waals surface area contributed by atoms with Crippen LogP contribution in [0.15, 0.2) is 42.5 Å². The first kappa shape index (κ1) is 16.8. The van der Waals surface area contributed by atoms with Crippen molar-refractivity contribution in [3.63, 3.8) is 0 Å². The fourth-order valence-corrected chi connectivity index (χ4v) is 3.31. The van der Waals surface area contributed by atoms with Crippen LogP contribution in [0.25, 0.3) is 0 Å². The van der Waals surface area contributed by atoms with Gasteiger partial charge in [0.1, 0.15) is 5.75 Å². The molecule has 1 aliphatic heterocycles. The van der Waals surface area contributed by atoms with Gasteiger partial charge in [-0.25, -0.2) is 0 Å². The second-order valence-electron chi connectivity index (χ2n) is 6.84. The Kier molecular flexibility index (Phi) is 4.69. The van der Waals surface area contributed by atoms with Gasteiger partial charge in [0.15, 0.2) is 11.5 Å². The highest BCUT2D eigenvalue weighted by Gasteiger charge is 2.33. The summed E-state index contributed by atoms with van der Waals surface area (Å²) in [5.41, 5.74) is 2.22. The zero-order valence-electron chi connectivity index (χ0n) is 14.9. The van der Waals surface area contributed by atoms with E-state index in [4.69, 9.17) is 14.2 Å². The van der Waals surface area contributed by atoms with E-state index in [1.807, 2.05) is 42.5 Å². The minimum atomic E-state index is 0.0791. The number of methoxy groups -OCH3 is 1.